The number of aliphatic hydroxyl groups excluding tert-OH is 5. The zero-order chi connectivity index (χ0) is 37.4. The van der Waals surface area contributed by atoms with Gasteiger partial charge in [0.05, 0.1) is 25.4 Å². The molecule has 7 atom stereocenters. The quantitative estimate of drug-likeness (QED) is 0.0289. The fraction of sp³-hybridized carbons (Fsp3) is 0.881. The van der Waals surface area contributed by atoms with Crippen molar-refractivity contribution in [3.63, 3.8) is 0 Å². The Morgan fingerprint density at radius 1 is 0.647 bits per heavy atom. The number of unbranched alkanes of at least 4 members (excludes halogenated alkanes) is 22. The van der Waals surface area contributed by atoms with Gasteiger partial charge in [0, 0.05) is 6.42 Å². The Hall–Kier alpha value is -1.33. The fourth-order valence-electron chi connectivity index (χ4n) is 6.56. The van der Waals surface area contributed by atoms with Crippen molar-refractivity contribution in [2.75, 3.05) is 13.2 Å². The summed E-state index contributed by atoms with van der Waals surface area (Å²) in [4.78, 5) is 12.9. The SMILES string of the molecule is CCCCCCCC/C=C\CCCCCCCC(=O)N[C@@H](COC1O[C@H](CO)[C@H](O)[C@H](O)[C@H]1O)[C@H](O)/C=C/CCCCCCCCCCCCC. The molecule has 1 fully saturated rings. The number of nitrogens with one attached hydrogen (secondary N) is 1. The normalized spacial score (nSPS) is 22.2. The minimum atomic E-state index is -1.56. The first-order valence-corrected chi connectivity index (χ1v) is 21.1. The van der Waals surface area contributed by atoms with Crippen LogP contribution in [0.4, 0.5) is 0 Å². The summed E-state index contributed by atoms with van der Waals surface area (Å²) < 4.78 is 11.2. The van der Waals surface area contributed by atoms with Crippen molar-refractivity contribution in [1.82, 2.24) is 5.32 Å². The summed E-state index contributed by atoms with van der Waals surface area (Å²) >= 11 is 0. The fourth-order valence-corrected chi connectivity index (χ4v) is 6.56. The molecule has 1 unspecified atom stereocenters. The number of carbonyl (C=O) groups is 1. The van der Waals surface area contributed by atoms with Gasteiger partial charge in [0.15, 0.2) is 6.29 Å². The highest BCUT2D eigenvalue weighted by atomic mass is 16.7. The molecule has 51 heavy (non-hydrogen) atoms. The molecule has 300 valence electrons. The molecule has 1 saturated heterocycles. The lowest BCUT2D eigenvalue weighted by molar-refractivity contribution is -0.302. The molecular formula is C42H79NO8. The molecular weight excluding hydrogens is 646 g/mol. The first kappa shape index (κ1) is 47.7. The number of ether oxygens (including phenoxy) is 2. The van der Waals surface area contributed by atoms with Crippen molar-refractivity contribution < 1.29 is 39.8 Å². The number of carbonyl (C=O) groups excluding carboxylic acids is 1. The van der Waals surface area contributed by atoms with Gasteiger partial charge in [0.1, 0.15) is 24.4 Å². The molecule has 9 heteroatoms. The van der Waals surface area contributed by atoms with Crippen LogP contribution in [0.2, 0.25) is 0 Å². The smallest absolute Gasteiger partial charge is 0.220 e. The van der Waals surface area contributed by atoms with Gasteiger partial charge >= 0.3 is 0 Å². The van der Waals surface area contributed by atoms with Crippen LogP contribution in [-0.4, -0.2) is 87.5 Å². The van der Waals surface area contributed by atoms with Crippen LogP contribution in [-0.2, 0) is 14.3 Å². The zero-order valence-corrected chi connectivity index (χ0v) is 32.6. The van der Waals surface area contributed by atoms with E-state index in [0.717, 1.165) is 57.8 Å². The minimum absolute atomic E-state index is 0.187. The molecule has 0 bridgehead atoms. The number of rotatable bonds is 34. The van der Waals surface area contributed by atoms with E-state index >= 15 is 0 Å². The molecule has 1 heterocycles. The van der Waals surface area contributed by atoms with Gasteiger partial charge < -0.3 is 40.3 Å². The van der Waals surface area contributed by atoms with E-state index in [0.29, 0.717) is 6.42 Å². The lowest BCUT2D eigenvalue weighted by Crippen LogP contribution is -2.60. The monoisotopic (exact) mass is 726 g/mol. The van der Waals surface area contributed by atoms with Crippen molar-refractivity contribution in [3.05, 3.63) is 24.3 Å². The average molecular weight is 726 g/mol. The van der Waals surface area contributed by atoms with Gasteiger partial charge in [-0.1, -0.05) is 154 Å². The van der Waals surface area contributed by atoms with Crippen LogP contribution >= 0.6 is 0 Å². The predicted molar refractivity (Wildman–Crippen MR) is 207 cm³/mol. The van der Waals surface area contributed by atoms with Crippen molar-refractivity contribution in [2.24, 2.45) is 0 Å². The van der Waals surface area contributed by atoms with Crippen molar-refractivity contribution in [2.45, 2.75) is 224 Å². The lowest BCUT2D eigenvalue weighted by Gasteiger charge is -2.40. The molecule has 0 aromatic rings. The highest BCUT2D eigenvalue weighted by Gasteiger charge is 2.44. The first-order chi connectivity index (χ1) is 24.8. The van der Waals surface area contributed by atoms with E-state index in [1.807, 2.05) is 6.08 Å². The average Bonchev–Trinajstić information content (AvgIpc) is 3.13. The summed E-state index contributed by atoms with van der Waals surface area (Å²) in [5, 5.41) is 54.0. The summed E-state index contributed by atoms with van der Waals surface area (Å²) in [5.41, 5.74) is 0. The topological polar surface area (TPSA) is 149 Å². The molecule has 6 N–H and O–H groups in total. The molecule has 1 amide bonds. The first-order valence-electron chi connectivity index (χ1n) is 21.1. The third-order valence-corrected chi connectivity index (χ3v) is 10.0. The van der Waals surface area contributed by atoms with Gasteiger partial charge in [-0.15, -0.1) is 0 Å². The Morgan fingerprint density at radius 2 is 1.10 bits per heavy atom. The Kier molecular flexibility index (Phi) is 31.1. The molecule has 0 saturated carbocycles. The van der Waals surface area contributed by atoms with Crippen LogP contribution in [0.3, 0.4) is 0 Å². The third-order valence-electron chi connectivity index (χ3n) is 10.0. The Balaban J connectivity index is 2.42. The predicted octanol–water partition coefficient (Wildman–Crippen LogP) is 7.94. The van der Waals surface area contributed by atoms with E-state index in [-0.39, 0.29) is 12.5 Å². The maximum atomic E-state index is 12.9. The Morgan fingerprint density at radius 3 is 1.59 bits per heavy atom. The maximum absolute atomic E-state index is 12.9. The number of allylic oxidation sites excluding steroid dienone is 3. The van der Waals surface area contributed by atoms with Crippen molar-refractivity contribution in [3.8, 4) is 0 Å². The van der Waals surface area contributed by atoms with E-state index < -0.39 is 49.5 Å². The molecule has 0 aromatic carbocycles. The number of aliphatic hydroxyl groups is 5. The Labute approximate surface area is 311 Å². The molecule has 0 radical (unpaired) electrons. The van der Waals surface area contributed by atoms with Crippen LogP contribution in [0.5, 0.6) is 0 Å². The highest BCUT2D eigenvalue weighted by molar-refractivity contribution is 5.76. The molecule has 0 aromatic heterocycles. The van der Waals surface area contributed by atoms with E-state index in [1.165, 1.54) is 103 Å². The van der Waals surface area contributed by atoms with Crippen molar-refractivity contribution in [1.29, 1.82) is 0 Å². The maximum Gasteiger partial charge on any atom is 0.220 e. The number of hydrogen-bond donors (Lipinski definition) is 6. The summed E-state index contributed by atoms with van der Waals surface area (Å²) in [6.45, 7) is 3.74. The second-order valence-corrected chi connectivity index (χ2v) is 14.8. The molecule has 1 rings (SSSR count). The van der Waals surface area contributed by atoms with Gasteiger partial charge in [-0.25, -0.2) is 0 Å². The van der Waals surface area contributed by atoms with Gasteiger partial charge in [0.2, 0.25) is 5.91 Å². The van der Waals surface area contributed by atoms with Crippen LogP contribution in [0.25, 0.3) is 0 Å². The van der Waals surface area contributed by atoms with E-state index in [9.17, 15) is 30.3 Å². The van der Waals surface area contributed by atoms with Crippen LogP contribution in [0.1, 0.15) is 181 Å². The largest absolute Gasteiger partial charge is 0.394 e. The van der Waals surface area contributed by atoms with Crippen LogP contribution in [0.15, 0.2) is 24.3 Å². The Bertz CT molecular complexity index is 853. The number of hydrogen-bond acceptors (Lipinski definition) is 8. The van der Waals surface area contributed by atoms with Crippen LogP contribution in [0, 0.1) is 0 Å². The second kappa shape index (κ2) is 33.3. The summed E-state index contributed by atoms with van der Waals surface area (Å²) in [7, 11) is 0. The molecule has 9 nitrogen and oxygen atoms in total. The van der Waals surface area contributed by atoms with Gasteiger partial charge in [-0.3, -0.25) is 4.79 Å². The van der Waals surface area contributed by atoms with E-state index in [2.05, 4.69) is 31.3 Å². The van der Waals surface area contributed by atoms with E-state index in [1.54, 1.807) is 6.08 Å². The standard InChI is InChI=1S/C42H79NO8/c1-3-5-7-9-11-13-15-17-18-20-22-24-26-28-30-32-38(46)43-35(34-50-42-41(49)40(48)39(47)37(33-44)51-42)36(45)31-29-27-25-23-21-19-16-14-12-10-8-6-4-2/h17-18,29,31,35-37,39-42,44-45,47-49H,3-16,19-28,30,32-34H2,1-2H3,(H,43,46)/b18-17-,31-29+/t35-,36+,37+,39-,40-,41+,42?/m0/s1. The summed E-state index contributed by atoms with van der Waals surface area (Å²) in [5.74, 6) is -0.187. The lowest BCUT2D eigenvalue weighted by atomic mass is 9.99. The second-order valence-electron chi connectivity index (χ2n) is 14.8. The molecule has 0 aliphatic carbocycles. The molecule has 0 spiro atoms. The highest BCUT2D eigenvalue weighted by Crippen LogP contribution is 2.22. The summed E-state index contributed by atoms with van der Waals surface area (Å²) in [6.07, 6.45) is 30.7. The molecule has 1 aliphatic rings. The van der Waals surface area contributed by atoms with Gasteiger partial charge in [-0.05, 0) is 44.9 Å². The third kappa shape index (κ3) is 24.6. The molecule has 1 aliphatic heterocycles. The van der Waals surface area contributed by atoms with Crippen LogP contribution < -0.4 is 5.32 Å². The number of amides is 1. The van der Waals surface area contributed by atoms with Gasteiger partial charge in [0.25, 0.3) is 0 Å². The summed E-state index contributed by atoms with van der Waals surface area (Å²) in [6, 6.07) is -0.804. The van der Waals surface area contributed by atoms with Gasteiger partial charge in [-0.2, -0.15) is 0 Å². The minimum Gasteiger partial charge on any atom is -0.394 e. The van der Waals surface area contributed by atoms with Crippen molar-refractivity contribution >= 4 is 5.91 Å². The zero-order valence-electron chi connectivity index (χ0n) is 32.6. The van der Waals surface area contributed by atoms with E-state index in [4.69, 9.17) is 9.47 Å².